The number of allylic oxidation sites excluding steroid dienone is 1. The van der Waals surface area contributed by atoms with E-state index in [9.17, 15) is 14.4 Å². The Labute approximate surface area is 200 Å². The number of hydrogen-bond donors (Lipinski definition) is 0. The molecule has 0 N–H and O–H groups in total. The van der Waals surface area contributed by atoms with Crippen LogP contribution in [0.15, 0.2) is 69.6 Å². The van der Waals surface area contributed by atoms with E-state index in [0.717, 1.165) is 11.1 Å². The molecule has 0 aliphatic carbocycles. The zero-order chi connectivity index (χ0) is 24.4. The lowest BCUT2D eigenvalue weighted by atomic mass is 9.95. The first-order valence-corrected chi connectivity index (χ1v) is 11.6. The molecule has 1 aromatic heterocycles. The number of carbonyl (C=O) groups excluding carboxylic acids is 2. The van der Waals surface area contributed by atoms with Crippen molar-refractivity contribution < 1.29 is 19.1 Å². The Morgan fingerprint density at radius 1 is 1.15 bits per heavy atom. The van der Waals surface area contributed by atoms with E-state index in [4.69, 9.17) is 9.47 Å². The Morgan fingerprint density at radius 2 is 1.88 bits per heavy atom. The molecule has 2 heterocycles. The molecular weight excluding hydrogens is 452 g/mol. The van der Waals surface area contributed by atoms with Crippen molar-refractivity contribution in [1.82, 2.24) is 4.57 Å². The third-order valence-electron chi connectivity index (χ3n) is 5.33. The second-order valence-electron chi connectivity index (χ2n) is 7.88. The van der Waals surface area contributed by atoms with Crippen molar-refractivity contribution >= 4 is 29.4 Å². The monoisotopic (exact) mass is 476 g/mol. The first-order chi connectivity index (χ1) is 16.3. The summed E-state index contributed by atoms with van der Waals surface area (Å²) in [4.78, 5) is 42.9. The van der Waals surface area contributed by atoms with E-state index >= 15 is 0 Å². The molecule has 34 heavy (non-hydrogen) atoms. The van der Waals surface area contributed by atoms with Crippen LogP contribution in [0.25, 0.3) is 6.08 Å². The summed E-state index contributed by atoms with van der Waals surface area (Å²) in [6.45, 7) is 7.03. The van der Waals surface area contributed by atoms with Gasteiger partial charge in [-0.05, 0) is 50.1 Å². The quantitative estimate of drug-likeness (QED) is 0.417. The van der Waals surface area contributed by atoms with Gasteiger partial charge in [-0.15, -0.1) is 0 Å². The summed E-state index contributed by atoms with van der Waals surface area (Å²) >= 11 is 1.24. The molecule has 0 spiro atoms. The van der Waals surface area contributed by atoms with Gasteiger partial charge in [-0.3, -0.25) is 14.2 Å². The molecule has 1 aliphatic rings. The second kappa shape index (κ2) is 9.61. The van der Waals surface area contributed by atoms with Crippen molar-refractivity contribution in [2.75, 3.05) is 6.61 Å². The number of nitrogens with zero attached hydrogens (tertiary/aromatic N) is 2. The van der Waals surface area contributed by atoms with Gasteiger partial charge in [0, 0.05) is 6.92 Å². The topological polar surface area (TPSA) is 87.0 Å². The van der Waals surface area contributed by atoms with Crippen molar-refractivity contribution in [2.45, 2.75) is 33.7 Å². The van der Waals surface area contributed by atoms with Crippen LogP contribution in [0.2, 0.25) is 0 Å². The minimum atomic E-state index is -0.648. The molecule has 0 saturated heterocycles. The first kappa shape index (κ1) is 23.4. The van der Waals surface area contributed by atoms with Crippen molar-refractivity contribution in [3.63, 3.8) is 0 Å². The van der Waals surface area contributed by atoms with E-state index in [1.54, 1.807) is 42.7 Å². The zero-order valence-electron chi connectivity index (χ0n) is 19.3. The van der Waals surface area contributed by atoms with Crippen molar-refractivity contribution in [3.05, 3.63) is 96.2 Å². The zero-order valence-corrected chi connectivity index (χ0v) is 20.1. The number of benzene rings is 2. The van der Waals surface area contributed by atoms with Crippen molar-refractivity contribution in [2.24, 2.45) is 4.99 Å². The SMILES string of the molecule is CCOC(=O)C1=C(C)N=c2s/c(=C/c3cccc(OC(C)=O)c3)c(=O)n2[C@@H]1c1ccc(C)cc1. The number of fused-ring (bicyclic) bond motifs is 1. The highest BCUT2D eigenvalue weighted by atomic mass is 32.1. The van der Waals surface area contributed by atoms with Crippen LogP contribution in [-0.2, 0) is 14.3 Å². The fourth-order valence-electron chi connectivity index (χ4n) is 3.84. The highest BCUT2D eigenvalue weighted by molar-refractivity contribution is 7.07. The number of aromatic nitrogens is 1. The summed E-state index contributed by atoms with van der Waals surface area (Å²) in [7, 11) is 0. The number of hydrogen-bond acceptors (Lipinski definition) is 7. The Balaban J connectivity index is 1.90. The summed E-state index contributed by atoms with van der Waals surface area (Å²) in [5.74, 6) is -0.513. The first-order valence-electron chi connectivity index (χ1n) is 10.8. The molecule has 3 aromatic rings. The molecule has 0 radical (unpaired) electrons. The summed E-state index contributed by atoms with van der Waals surface area (Å²) in [5.41, 5.74) is 3.18. The molecule has 0 bridgehead atoms. The third kappa shape index (κ3) is 4.63. The van der Waals surface area contributed by atoms with Crippen molar-refractivity contribution in [1.29, 1.82) is 0 Å². The molecule has 1 atom stereocenters. The fourth-order valence-corrected chi connectivity index (χ4v) is 4.89. The number of carbonyl (C=O) groups is 2. The summed E-state index contributed by atoms with van der Waals surface area (Å²) in [5, 5.41) is 0. The Hall–Kier alpha value is -3.78. The van der Waals surface area contributed by atoms with Gasteiger partial charge in [0.25, 0.3) is 5.56 Å². The molecule has 0 unspecified atom stereocenters. The predicted octanol–water partition coefficient (Wildman–Crippen LogP) is 3.03. The third-order valence-corrected chi connectivity index (χ3v) is 6.31. The lowest BCUT2D eigenvalue weighted by Gasteiger charge is -2.24. The minimum Gasteiger partial charge on any atom is -0.463 e. The maximum absolute atomic E-state index is 13.6. The maximum Gasteiger partial charge on any atom is 0.338 e. The van der Waals surface area contributed by atoms with E-state index < -0.39 is 18.0 Å². The normalized spacial score (nSPS) is 15.5. The van der Waals surface area contributed by atoms with Gasteiger partial charge in [0.15, 0.2) is 4.80 Å². The molecule has 174 valence electrons. The molecular formula is C26H24N2O5S. The number of thiazole rings is 1. The molecule has 0 saturated carbocycles. The molecule has 4 rings (SSSR count). The maximum atomic E-state index is 13.6. The van der Waals surface area contributed by atoms with Crippen LogP contribution in [0.4, 0.5) is 0 Å². The van der Waals surface area contributed by atoms with Gasteiger partial charge in [0.05, 0.1) is 28.5 Å². The van der Waals surface area contributed by atoms with Crippen molar-refractivity contribution in [3.8, 4) is 5.75 Å². The number of aryl methyl sites for hydroxylation is 1. The van der Waals surface area contributed by atoms with E-state index in [2.05, 4.69) is 4.99 Å². The van der Waals surface area contributed by atoms with Gasteiger partial charge in [0.1, 0.15) is 5.75 Å². The lowest BCUT2D eigenvalue weighted by Crippen LogP contribution is -2.39. The van der Waals surface area contributed by atoms with Crippen LogP contribution in [0, 0.1) is 6.92 Å². The van der Waals surface area contributed by atoms with Gasteiger partial charge in [0.2, 0.25) is 0 Å². The molecule has 2 aromatic carbocycles. The average molecular weight is 477 g/mol. The van der Waals surface area contributed by atoms with Crippen LogP contribution >= 0.6 is 11.3 Å². The molecule has 0 fully saturated rings. The van der Waals surface area contributed by atoms with Crippen LogP contribution in [0.1, 0.15) is 43.5 Å². The van der Waals surface area contributed by atoms with Gasteiger partial charge in [-0.25, -0.2) is 9.79 Å². The van der Waals surface area contributed by atoms with Gasteiger partial charge >= 0.3 is 11.9 Å². The minimum absolute atomic E-state index is 0.222. The van der Waals surface area contributed by atoms with Gasteiger partial charge < -0.3 is 9.47 Å². The van der Waals surface area contributed by atoms with E-state index in [1.807, 2.05) is 37.3 Å². The van der Waals surface area contributed by atoms with E-state index in [-0.39, 0.29) is 12.2 Å². The summed E-state index contributed by atoms with van der Waals surface area (Å²) in [6, 6.07) is 14.0. The molecule has 1 aliphatic heterocycles. The lowest BCUT2D eigenvalue weighted by molar-refractivity contribution is -0.139. The molecule has 0 amide bonds. The average Bonchev–Trinajstić information content (AvgIpc) is 3.08. The molecule has 7 nitrogen and oxygen atoms in total. The Kier molecular flexibility index (Phi) is 6.61. The second-order valence-corrected chi connectivity index (χ2v) is 8.89. The number of rotatable bonds is 5. The number of esters is 2. The van der Waals surface area contributed by atoms with E-state index in [0.29, 0.717) is 31.9 Å². The Morgan fingerprint density at radius 3 is 2.56 bits per heavy atom. The summed E-state index contributed by atoms with van der Waals surface area (Å²) in [6.07, 6.45) is 1.73. The standard InChI is InChI=1S/C26H24N2O5S/c1-5-32-25(31)22-16(3)27-26-28(23(22)19-11-9-15(2)10-12-19)24(30)21(34-26)14-18-7-6-8-20(13-18)33-17(4)29/h6-14,23H,5H2,1-4H3/b21-14+/t23-/m1/s1. The summed E-state index contributed by atoms with van der Waals surface area (Å²) < 4.78 is 12.5. The van der Waals surface area contributed by atoms with Crippen LogP contribution in [-0.4, -0.2) is 23.1 Å². The van der Waals surface area contributed by atoms with Crippen LogP contribution in [0.5, 0.6) is 5.75 Å². The van der Waals surface area contributed by atoms with Crippen LogP contribution in [0.3, 0.4) is 0 Å². The van der Waals surface area contributed by atoms with E-state index in [1.165, 1.54) is 18.3 Å². The largest absolute Gasteiger partial charge is 0.463 e. The predicted molar refractivity (Wildman–Crippen MR) is 129 cm³/mol. The van der Waals surface area contributed by atoms with Gasteiger partial charge in [-0.1, -0.05) is 53.3 Å². The highest BCUT2D eigenvalue weighted by Crippen LogP contribution is 2.30. The van der Waals surface area contributed by atoms with Crippen LogP contribution < -0.4 is 19.6 Å². The number of ether oxygens (including phenoxy) is 2. The fraction of sp³-hybridized carbons (Fsp3) is 0.231. The Bertz CT molecular complexity index is 1480. The molecule has 8 heteroatoms. The smallest absolute Gasteiger partial charge is 0.338 e. The van der Waals surface area contributed by atoms with Gasteiger partial charge in [-0.2, -0.15) is 0 Å². The highest BCUT2D eigenvalue weighted by Gasteiger charge is 2.33.